The summed E-state index contributed by atoms with van der Waals surface area (Å²) in [5.41, 5.74) is 5.90. The van der Waals surface area contributed by atoms with E-state index in [0.717, 1.165) is 5.56 Å². The van der Waals surface area contributed by atoms with Crippen LogP contribution in [0, 0.1) is 6.92 Å². The second kappa shape index (κ2) is 13.5. The van der Waals surface area contributed by atoms with Crippen molar-refractivity contribution < 1.29 is 23.8 Å². The van der Waals surface area contributed by atoms with E-state index in [2.05, 4.69) is 15.8 Å². The van der Waals surface area contributed by atoms with Gasteiger partial charge in [-0.2, -0.15) is 5.10 Å². The minimum absolute atomic E-state index is 0.361. The molecule has 0 atom stereocenters. The topological polar surface area (TPSA) is 98.2 Å². The molecule has 0 aliphatic carbocycles. The lowest BCUT2D eigenvalue weighted by Crippen LogP contribution is -2.24. The summed E-state index contributed by atoms with van der Waals surface area (Å²) < 4.78 is 17.0. The Morgan fingerprint density at radius 1 is 0.833 bits per heavy atom. The molecule has 2 amide bonds. The van der Waals surface area contributed by atoms with Crippen molar-refractivity contribution in [2.45, 2.75) is 33.8 Å². The van der Waals surface area contributed by atoms with Gasteiger partial charge in [-0.25, -0.2) is 5.43 Å². The summed E-state index contributed by atoms with van der Waals surface area (Å²) in [4.78, 5) is 24.2. The summed E-state index contributed by atoms with van der Waals surface area (Å²) in [6.07, 6.45) is 1.12. The number of anilines is 1. The quantitative estimate of drug-likeness (QED) is 0.215. The van der Waals surface area contributed by atoms with Crippen LogP contribution in [0.25, 0.3) is 0 Å². The van der Waals surface area contributed by atoms with Gasteiger partial charge >= 0.3 is 0 Å². The van der Waals surface area contributed by atoms with E-state index in [9.17, 15) is 9.59 Å². The first kappa shape index (κ1) is 26.3. The molecule has 0 saturated heterocycles. The molecule has 0 aliphatic heterocycles. The molecular weight excluding hydrogens is 458 g/mol. The first-order valence-corrected chi connectivity index (χ1v) is 11.8. The summed E-state index contributed by atoms with van der Waals surface area (Å²) >= 11 is 0. The van der Waals surface area contributed by atoms with E-state index in [0.29, 0.717) is 48.3 Å². The number of rotatable bonds is 12. The molecule has 3 aromatic carbocycles. The summed E-state index contributed by atoms with van der Waals surface area (Å²) in [6.45, 7) is 7.28. The van der Waals surface area contributed by atoms with Crippen LogP contribution in [0.3, 0.4) is 0 Å². The van der Waals surface area contributed by atoms with E-state index in [1.54, 1.807) is 42.5 Å². The van der Waals surface area contributed by atoms with Gasteiger partial charge in [0.25, 0.3) is 0 Å². The molecule has 3 rings (SSSR count). The fraction of sp³-hybridized carbons (Fsp3) is 0.250. The van der Waals surface area contributed by atoms with Crippen molar-refractivity contribution in [3.8, 4) is 17.2 Å². The van der Waals surface area contributed by atoms with Crippen LogP contribution in [-0.2, 0) is 16.2 Å². The highest BCUT2D eigenvalue weighted by molar-refractivity contribution is 6.03. The largest absolute Gasteiger partial charge is 0.494 e. The molecule has 2 N–H and O–H groups in total. The van der Waals surface area contributed by atoms with Crippen molar-refractivity contribution in [2.24, 2.45) is 5.10 Å². The third-order valence-electron chi connectivity index (χ3n) is 4.96. The van der Waals surface area contributed by atoms with Crippen LogP contribution in [0.15, 0.2) is 71.8 Å². The Hall–Kier alpha value is -4.33. The maximum absolute atomic E-state index is 12.1. The maximum Gasteiger partial charge on any atom is 0.249 e. The smallest absolute Gasteiger partial charge is 0.249 e. The van der Waals surface area contributed by atoms with Gasteiger partial charge in [0.15, 0.2) is 11.5 Å². The predicted molar refractivity (Wildman–Crippen MR) is 140 cm³/mol. The van der Waals surface area contributed by atoms with Gasteiger partial charge < -0.3 is 19.5 Å². The molecule has 0 bridgehead atoms. The van der Waals surface area contributed by atoms with Gasteiger partial charge in [-0.3, -0.25) is 9.59 Å². The highest BCUT2D eigenvalue weighted by atomic mass is 16.5. The minimum Gasteiger partial charge on any atom is -0.494 e. The summed E-state index contributed by atoms with van der Waals surface area (Å²) in [5, 5.41) is 6.62. The number of aryl methyl sites for hydroxylation is 1. The minimum atomic E-state index is -0.530. The van der Waals surface area contributed by atoms with Gasteiger partial charge in [-0.1, -0.05) is 29.8 Å². The van der Waals surface area contributed by atoms with Crippen LogP contribution < -0.4 is 25.0 Å². The number of carbonyl (C=O) groups excluding carboxylic acids is 2. The number of nitrogens with one attached hydrogen (secondary N) is 2. The van der Waals surface area contributed by atoms with E-state index >= 15 is 0 Å². The molecule has 0 aromatic heterocycles. The number of hydrazone groups is 1. The van der Waals surface area contributed by atoms with Crippen molar-refractivity contribution in [3.05, 3.63) is 83.4 Å². The highest BCUT2D eigenvalue weighted by Gasteiger charge is 2.10. The molecule has 36 heavy (non-hydrogen) atoms. The lowest BCUT2D eigenvalue weighted by molar-refractivity contribution is -0.126. The molecule has 188 valence electrons. The van der Waals surface area contributed by atoms with Crippen LogP contribution in [0.1, 0.15) is 37.0 Å². The van der Waals surface area contributed by atoms with E-state index in [1.807, 2.05) is 45.0 Å². The molecule has 0 fully saturated rings. The Balaban J connectivity index is 1.50. The molecular formula is C28H31N3O5. The summed E-state index contributed by atoms with van der Waals surface area (Å²) in [5.74, 6) is 0.929. The van der Waals surface area contributed by atoms with Gasteiger partial charge in [0.2, 0.25) is 11.8 Å². The molecule has 0 heterocycles. The zero-order valence-electron chi connectivity index (χ0n) is 20.7. The summed E-state index contributed by atoms with van der Waals surface area (Å²) in [6, 6.07) is 20.4. The van der Waals surface area contributed by atoms with Crippen LogP contribution in [-0.4, -0.2) is 31.2 Å². The zero-order chi connectivity index (χ0) is 25.8. The average Bonchev–Trinajstić information content (AvgIpc) is 2.86. The third kappa shape index (κ3) is 8.47. The van der Waals surface area contributed by atoms with Crippen LogP contribution >= 0.6 is 0 Å². The zero-order valence-corrected chi connectivity index (χ0v) is 20.7. The second-order valence-electron chi connectivity index (χ2n) is 7.89. The van der Waals surface area contributed by atoms with Gasteiger partial charge in [0, 0.05) is 5.69 Å². The van der Waals surface area contributed by atoms with Crippen LogP contribution in [0.5, 0.6) is 17.2 Å². The van der Waals surface area contributed by atoms with Gasteiger partial charge in [0.1, 0.15) is 18.8 Å². The molecule has 8 nitrogen and oxygen atoms in total. The monoisotopic (exact) mass is 489 g/mol. The number of ether oxygens (including phenoxy) is 3. The van der Waals surface area contributed by atoms with Crippen molar-refractivity contribution in [1.29, 1.82) is 0 Å². The lowest BCUT2D eigenvalue weighted by atomic mass is 10.2. The molecule has 0 radical (unpaired) electrons. The number of hydrogen-bond acceptors (Lipinski definition) is 6. The van der Waals surface area contributed by atoms with E-state index < -0.39 is 11.8 Å². The number of amides is 2. The fourth-order valence-electron chi connectivity index (χ4n) is 3.21. The first-order chi connectivity index (χ1) is 17.5. The Morgan fingerprint density at radius 3 is 2.25 bits per heavy atom. The first-order valence-electron chi connectivity index (χ1n) is 11.8. The third-order valence-corrected chi connectivity index (χ3v) is 4.96. The average molecular weight is 490 g/mol. The van der Waals surface area contributed by atoms with Gasteiger partial charge in [-0.15, -0.1) is 0 Å². The second-order valence-corrected chi connectivity index (χ2v) is 7.89. The number of nitrogens with zero attached hydrogens (tertiary/aromatic N) is 1. The molecule has 0 saturated carbocycles. The SMILES string of the molecule is CCOc1ccc(NC(=O)CC(=O)NN=Cc2ccc(OCc3ccc(C)cc3)c(OCC)c2)cc1. The standard InChI is InChI=1S/C28H31N3O5/c1-4-34-24-13-11-23(12-14-24)30-27(32)17-28(33)31-29-18-22-10-15-25(26(16-22)35-5-2)36-19-21-8-6-20(3)7-9-21/h6-16,18H,4-5,17,19H2,1-3H3,(H,30,32)(H,31,33). The van der Waals surface area contributed by atoms with Gasteiger partial charge in [0.05, 0.1) is 19.4 Å². The Labute approximate surface area is 211 Å². The van der Waals surface area contributed by atoms with E-state index in [4.69, 9.17) is 14.2 Å². The van der Waals surface area contributed by atoms with Crippen LogP contribution in [0.4, 0.5) is 5.69 Å². The van der Waals surface area contributed by atoms with E-state index in [-0.39, 0.29) is 6.42 Å². The Kier molecular flexibility index (Phi) is 9.88. The number of carbonyl (C=O) groups is 2. The van der Waals surface area contributed by atoms with Crippen molar-refractivity contribution >= 4 is 23.7 Å². The molecule has 8 heteroatoms. The highest BCUT2D eigenvalue weighted by Crippen LogP contribution is 2.29. The van der Waals surface area contributed by atoms with Crippen molar-refractivity contribution in [3.63, 3.8) is 0 Å². The van der Waals surface area contributed by atoms with Crippen molar-refractivity contribution in [2.75, 3.05) is 18.5 Å². The number of benzene rings is 3. The fourth-order valence-corrected chi connectivity index (χ4v) is 3.21. The molecule has 0 aliphatic rings. The lowest BCUT2D eigenvalue weighted by Gasteiger charge is -2.12. The Bertz CT molecular complexity index is 1170. The van der Waals surface area contributed by atoms with Crippen LogP contribution in [0.2, 0.25) is 0 Å². The van der Waals surface area contributed by atoms with E-state index in [1.165, 1.54) is 11.8 Å². The van der Waals surface area contributed by atoms with Crippen molar-refractivity contribution in [1.82, 2.24) is 5.43 Å². The molecule has 3 aromatic rings. The predicted octanol–water partition coefficient (Wildman–Crippen LogP) is 4.85. The molecule has 0 unspecified atom stereocenters. The van der Waals surface area contributed by atoms with Gasteiger partial charge in [-0.05, 0) is 74.4 Å². The maximum atomic E-state index is 12.1. The Morgan fingerprint density at radius 2 is 1.56 bits per heavy atom. The number of hydrogen-bond donors (Lipinski definition) is 2. The summed E-state index contributed by atoms with van der Waals surface area (Å²) in [7, 11) is 0. The normalized spacial score (nSPS) is 10.6. The molecule has 0 spiro atoms.